The van der Waals surface area contributed by atoms with Crippen LogP contribution in [0, 0.1) is 0 Å². The summed E-state index contributed by atoms with van der Waals surface area (Å²) in [5, 5.41) is 2.31. The highest BCUT2D eigenvalue weighted by Crippen LogP contribution is 2.41. The van der Waals surface area contributed by atoms with Crippen LogP contribution in [0.25, 0.3) is 22.7 Å². The molecular weight excluding hydrogens is 673 g/mol. The maximum Gasteiger partial charge on any atom is 0.271 e. The van der Waals surface area contributed by atoms with E-state index in [4.69, 9.17) is 28.2 Å². The van der Waals surface area contributed by atoms with Crippen molar-refractivity contribution in [2.45, 2.75) is 25.4 Å². The van der Waals surface area contributed by atoms with Gasteiger partial charge in [0.05, 0.1) is 16.3 Å². The highest BCUT2D eigenvalue weighted by atomic mass is 79.9. The number of para-hydroxylation sites is 1. The van der Waals surface area contributed by atoms with Crippen LogP contribution >= 0.6 is 50.5 Å². The predicted molar refractivity (Wildman–Crippen MR) is 184 cm³/mol. The van der Waals surface area contributed by atoms with Gasteiger partial charge in [0.25, 0.3) is 5.56 Å². The van der Waals surface area contributed by atoms with Crippen molar-refractivity contribution in [3.05, 3.63) is 165 Å². The number of rotatable bonds is 4. The molecule has 0 unspecified atom stereocenters. The molecule has 0 saturated heterocycles. The lowest BCUT2D eigenvalue weighted by Crippen LogP contribution is -2.38. The van der Waals surface area contributed by atoms with Gasteiger partial charge in [0.1, 0.15) is 0 Å². The van der Waals surface area contributed by atoms with Crippen LogP contribution in [0.3, 0.4) is 0 Å². The van der Waals surface area contributed by atoms with Crippen LogP contribution in [0.1, 0.15) is 40.3 Å². The predicted octanol–water partition coefficient (Wildman–Crippen LogP) is 8.39. The average Bonchev–Trinajstić information content (AvgIpc) is 3.54. The number of hydrogen-bond donors (Lipinski definition) is 0. The molecule has 0 fully saturated rings. The largest absolute Gasteiger partial charge is 0.342 e. The molecule has 0 amide bonds. The van der Waals surface area contributed by atoms with Crippen molar-refractivity contribution in [1.82, 2.24) is 9.13 Å². The number of aromatic nitrogens is 2. The van der Waals surface area contributed by atoms with Crippen LogP contribution in [-0.4, -0.2) is 9.13 Å². The summed E-state index contributed by atoms with van der Waals surface area (Å²) in [5.74, 6) is 0. The number of nitrogens with zero attached hydrogens (tertiary/aromatic N) is 3. The summed E-state index contributed by atoms with van der Waals surface area (Å²) >= 11 is 17.7. The van der Waals surface area contributed by atoms with Gasteiger partial charge in [-0.05, 0) is 71.5 Å². The molecular formula is C36H24BrCl2N3OS. The number of halogens is 3. The van der Waals surface area contributed by atoms with Gasteiger partial charge in [-0.15, -0.1) is 0 Å². The summed E-state index contributed by atoms with van der Waals surface area (Å²) in [6, 6.07) is 30.4. The van der Waals surface area contributed by atoms with Crippen molar-refractivity contribution in [3.63, 3.8) is 0 Å². The van der Waals surface area contributed by atoms with Crippen LogP contribution in [0.4, 0.5) is 0 Å². The SMILES string of the molecule is O=c1/c(=C/c2cn(Cc3ccc(Cl)cc3Cl)c3ccccc23)sc2n1[C@H](c1ccc(Br)cc1)C1=C(N=2)c2ccccc2CC1. The van der Waals surface area contributed by atoms with Crippen molar-refractivity contribution in [2.24, 2.45) is 4.99 Å². The van der Waals surface area contributed by atoms with Gasteiger partial charge in [-0.25, -0.2) is 4.99 Å². The lowest BCUT2D eigenvalue weighted by molar-refractivity contribution is 0.585. The van der Waals surface area contributed by atoms with Gasteiger partial charge in [-0.2, -0.15) is 0 Å². The molecule has 44 heavy (non-hydrogen) atoms. The minimum atomic E-state index is -0.210. The number of thiazole rings is 1. The van der Waals surface area contributed by atoms with Crippen molar-refractivity contribution >= 4 is 73.1 Å². The van der Waals surface area contributed by atoms with E-state index in [1.165, 1.54) is 22.5 Å². The van der Waals surface area contributed by atoms with E-state index in [0.29, 0.717) is 21.1 Å². The Morgan fingerprint density at radius 3 is 2.59 bits per heavy atom. The van der Waals surface area contributed by atoms with E-state index >= 15 is 0 Å². The maximum absolute atomic E-state index is 14.3. The van der Waals surface area contributed by atoms with Crippen LogP contribution < -0.4 is 14.9 Å². The minimum absolute atomic E-state index is 0.0235. The molecule has 0 saturated carbocycles. The Morgan fingerprint density at radius 2 is 1.75 bits per heavy atom. The van der Waals surface area contributed by atoms with Crippen LogP contribution in [0.5, 0.6) is 0 Å². The smallest absolute Gasteiger partial charge is 0.271 e. The van der Waals surface area contributed by atoms with Gasteiger partial charge in [0, 0.05) is 49.3 Å². The van der Waals surface area contributed by atoms with Gasteiger partial charge >= 0.3 is 0 Å². The van der Waals surface area contributed by atoms with Gasteiger partial charge < -0.3 is 4.57 Å². The third-order valence-electron chi connectivity index (χ3n) is 8.52. The van der Waals surface area contributed by atoms with E-state index in [9.17, 15) is 4.79 Å². The number of allylic oxidation sites excluding steroid dienone is 1. The monoisotopic (exact) mass is 695 g/mol. The van der Waals surface area contributed by atoms with Gasteiger partial charge in [0.2, 0.25) is 0 Å². The molecule has 0 radical (unpaired) electrons. The van der Waals surface area contributed by atoms with E-state index < -0.39 is 0 Å². The standard InChI is InChI=1S/C36H24BrCl2N3OS/c37-25-13-9-22(10-14-25)34-29-16-12-21-5-1-2-7-28(21)33(29)40-36-42(34)35(43)32(44-36)17-24-20-41(31-8-4-3-6-27(24)31)19-23-11-15-26(38)18-30(23)39/h1-11,13-15,17-18,20,34H,12,16,19H2/b32-17-/t34-/m1/s1. The summed E-state index contributed by atoms with van der Waals surface area (Å²) in [6.45, 7) is 0.585. The molecule has 6 aromatic rings. The Bertz CT molecular complexity index is 2330. The molecule has 2 aromatic heterocycles. The van der Waals surface area contributed by atoms with E-state index in [1.807, 2.05) is 47.0 Å². The summed E-state index contributed by atoms with van der Waals surface area (Å²) in [7, 11) is 0. The number of hydrogen-bond acceptors (Lipinski definition) is 3. The molecule has 1 aliphatic heterocycles. The first-order valence-electron chi connectivity index (χ1n) is 14.3. The lowest BCUT2D eigenvalue weighted by Gasteiger charge is -2.30. The first kappa shape index (κ1) is 27.8. The van der Waals surface area contributed by atoms with Crippen molar-refractivity contribution in [3.8, 4) is 0 Å². The van der Waals surface area contributed by atoms with E-state index in [2.05, 4.69) is 75.2 Å². The summed E-state index contributed by atoms with van der Waals surface area (Å²) < 4.78 is 5.74. The first-order chi connectivity index (χ1) is 21.4. The highest BCUT2D eigenvalue weighted by Gasteiger charge is 2.32. The fourth-order valence-corrected chi connectivity index (χ4v) is 8.19. The Morgan fingerprint density at radius 1 is 0.955 bits per heavy atom. The van der Waals surface area contributed by atoms with Crippen LogP contribution in [0.15, 0.2) is 117 Å². The highest BCUT2D eigenvalue weighted by molar-refractivity contribution is 9.10. The molecule has 8 heteroatoms. The molecule has 216 valence electrons. The van der Waals surface area contributed by atoms with Crippen LogP contribution in [0.2, 0.25) is 10.0 Å². The second kappa shape index (κ2) is 11.0. The summed E-state index contributed by atoms with van der Waals surface area (Å²) in [5.41, 5.74) is 8.75. The number of aryl methyl sites for hydroxylation is 1. The fraction of sp³-hybridized carbons (Fsp3) is 0.111. The number of benzene rings is 4. The Labute approximate surface area is 276 Å². The zero-order valence-electron chi connectivity index (χ0n) is 23.3. The third-order valence-corrected chi connectivity index (χ3v) is 10.6. The molecule has 2 aliphatic rings. The zero-order valence-corrected chi connectivity index (χ0v) is 27.2. The Balaban J connectivity index is 1.31. The first-order valence-corrected chi connectivity index (χ1v) is 16.7. The van der Waals surface area contributed by atoms with Crippen LogP contribution in [-0.2, 0) is 13.0 Å². The maximum atomic E-state index is 14.3. The fourth-order valence-electron chi connectivity index (χ4n) is 6.46. The van der Waals surface area contributed by atoms with E-state index in [0.717, 1.165) is 61.0 Å². The Kier molecular flexibility index (Phi) is 6.98. The van der Waals surface area contributed by atoms with Gasteiger partial charge in [-0.3, -0.25) is 9.36 Å². The van der Waals surface area contributed by atoms with Gasteiger partial charge in [0.15, 0.2) is 4.80 Å². The molecule has 1 aliphatic carbocycles. The third kappa shape index (κ3) is 4.72. The molecule has 0 N–H and O–H groups in total. The number of fused-ring (bicyclic) bond motifs is 4. The van der Waals surface area contributed by atoms with E-state index in [-0.39, 0.29) is 11.6 Å². The zero-order chi connectivity index (χ0) is 29.9. The molecule has 0 spiro atoms. The van der Waals surface area contributed by atoms with Crippen molar-refractivity contribution in [2.75, 3.05) is 0 Å². The Hall–Kier alpha value is -3.68. The topological polar surface area (TPSA) is 39.3 Å². The lowest BCUT2D eigenvalue weighted by atomic mass is 9.83. The minimum Gasteiger partial charge on any atom is -0.342 e. The summed E-state index contributed by atoms with van der Waals surface area (Å²) in [6.07, 6.45) is 5.91. The molecule has 1 atom stereocenters. The summed E-state index contributed by atoms with van der Waals surface area (Å²) in [4.78, 5) is 20.2. The molecule has 0 bridgehead atoms. The van der Waals surface area contributed by atoms with E-state index in [1.54, 1.807) is 6.07 Å². The molecule has 8 rings (SSSR count). The second-order valence-electron chi connectivity index (χ2n) is 11.1. The second-order valence-corrected chi connectivity index (χ2v) is 13.9. The average molecular weight is 697 g/mol. The molecule has 4 aromatic carbocycles. The van der Waals surface area contributed by atoms with Crippen molar-refractivity contribution < 1.29 is 0 Å². The quantitative estimate of drug-likeness (QED) is 0.183. The molecule has 4 nitrogen and oxygen atoms in total. The van der Waals surface area contributed by atoms with Gasteiger partial charge in [-0.1, -0.05) is 111 Å². The normalized spacial score (nSPS) is 16.1. The van der Waals surface area contributed by atoms with Crippen molar-refractivity contribution in [1.29, 1.82) is 0 Å². The molecule has 3 heterocycles.